The number of nitriles is 2. The fourth-order valence-electron chi connectivity index (χ4n) is 0.420. The van der Waals surface area contributed by atoms with E-state index in [1.807, 2.05) is 0 Å². The minimum atomic E-state index is 0.366. The third-order valence-electron chi connectivity index (χ3n) is 0.751. The molecule has 0 unspecified atom stereocenters. The van der Waals surface area contributed by atoms with Crippen molar-refractivity contribution in [2.45, 2.75) is 0 Å². The van der Waals surface area contributed by atoms with Crippen molar-refractivity contribution in [3.63, 3.8) is 0 Å². The molecule has 0 spiro atoms. The normalized spacial score (nSPS) is 7.82. The van der Waals surface area contributed by atoms with Crippen molar-refractivity contribution in [1.82, 2.24) is 10.2 Å². The molecule has 0 amide bonds. The van der Waals surface area contributed by atoms with E-state index in [1.165, 1.54) is 0 Å². The number of nitrogens with one attached hydrogen (secondary N) is 2. The Labute approximate surface area is 66.1 Å². The van der Waals surface area contributed by atoms with Gasteiger partial charge in [0.2, 0.25) is 10.3 Å². The van der Waals surface area contributed by atoms with Crippen LogP contribution in [0.1, 0.15) is 0 Å². The second-order valence-electron chi connectivity index (χ2n) is 1.39. The van der Waals surface area contributed by atoms with Crippen molar-refractivity contribution in [3.8, 4) is 12.4 Å². The van der Waals surface area contributed by atoms with Crippen molar-refractivity contribution in [2.75, 3.05) is 10.6 Å². The Bertz CT molecular complexity index is 286. The molecule has 1 aromatic heterocycles. The third-order valence-corrected chi connectivity index (χ3v) is 1.50. The van der Waals surface area contributed by atoms with Gasteiger partial charge in [0.05, 0.1) is 0 Å². The van der Waals surface area contributed by atoms with E-state index in [0.29, 0.717) is 10.3 Å². The van der Waals surface area contributed by atoms with Crippen LogP contribution in [0.3, 0.4) is 0 Å². The van der Waals surface area contributed by atoms with Gasteiger partial charge in [-0.3, -0.25) is 10.6 Å². The van der Waals surface area contributed by atoms with Gasteiger partial charge in [0.25, 0.3) is 0 Å². The molecule has 1 rings (SSSR count). The molecule has 0 saturated carbocycles. The average molecular weight is 166 g/mol. The van der Waals surface area contributed by atoms with E-state index < -0.39 is 0 Å². The third kappa shape index (κ3) is 1.78. The highest BCUT2D eigenvalue weighted by atomic mass is 32.1. The lowest BCUT2D eigenvalue weighted by Gasteiger charge is -1.81. The zero-order valence-electron chi connectivity index (χ0n) is 5.20. The fraction of sp³-hybridized carbons (Fsp3) is 0. The monoisotopic (exact) mass is 166 g/mol. The lowest BCUT2D eigenvalue weighted by molar-refractivity contribution is 1.09. The topological polar surface area (TPSA) is 97.4 Å². The van der Waals surface area contributed by atoms with Gasteiger partial charge in [0, 0.05) is 0 Å². The van der Waals surface area contributed by atoms with E-state index >= 15 is 0 Å². The van der Waals surface area contributed by atoms with Gasteiger partial charge < -0.3 is 0 Å². The molecule has 1 heterocycles. The number of nitrogens with zero attached hydrogens (tertiary/aromatic N) is 4. The summed E-state index contributed by atoms with van der Waals surface area (Å²) in [6, 6.07) is 0. The molecule has 0 fully saturated rings. The minimum Gasteiger partial charge on any atom is -0.267 e. The van der Waals surface area contributed by atoms with E-state index in [4.69, 9.17) is 10.5 Å². The first kappa shape index (κ1) is 7.25. The van der Waals surface area contributed by atoms with Gasteiger partial charge in [-0.05, 0) is 0 Å². The predicted octanol–water partition coefficient (Wildman–Crippen LogP) is 0.324. The van der Waals surface area contributed by atoms with Gasteiger partial charge in [-0.15, -0.1) is 10.2 Å². The van der Waals surface area contributed by atoms with Crippen LogP contribution in [0.5, 0.6) is 0 Å². The summed E-state index contributed by atoms with van der Waals surface area (Å²) in [5, 5.41) is 28.7. The van der Waals surface area contributed by atoms with Crippen LogP contribution in [-0.4, -0.2) is 10.2 Å². The molecule has 0 bridgehead atoms. The van der Waals surface area contributed by atoms with Crippen LogP contribution in [0, 0.1) is 22.9 Å². The summed E-state index contributed by atoms with van der Waals surface area (Å²) < 4.78 is 0. The van der Waals surface area contributed by atoms with Gasteiger partial charge in [0.15, 0.2) is 12.4 Å². The lowest BCUT2D eigenvalue weighted by Crippen LogP contribution is -1.85. The van der Waals surface area contributed by atoms with Crippen molar-refractivity contribution in [3.05, 3.63) is 0 Å². The molecule has 0 aliphatic heterocycles. The Hall–Kier alpha value is -1.86. The molecule has 2 N–H and O–H groups in total. The van der Waals surface area contributed by atoms with Crippen LogP contribution < -0.4 is 10.6 Å². The standard InChI is InChI=1S/C4H2N6S/c5-1-7-3-9-10-4(11-3)8-2-6/h(H,7,9)(H,8,10). The Morgan fingerprint density at radius 1 is 1.09 bits per heavy atom. The molecule has 0 aromatic carbocycles. The van der Waals surface area contributed by atoms with Gasteiger partial charge in [-0.25, -0.2) is 0 Å². The molecule has 0 radical (unpaired) electrons. The zero-order chi connectivity index (χ0) is 8.10. The SMILES string of the molecule is N#CNc1nnc(NC#N)s1. The van der Waals surface area contributed by atoms with Crippen molar-refractivity contribution < 1.29 is 0 Å². The molecule has 7 heteroatoms. The number of anilines is 2. The second-order valence-corrected chi connectivity index (χ2v) is 2.36. The summed E-state index contributed by atoms with van der Waals surface area (Å²) in [4.78, 5) is 0. The van der Waals surface area contributed by atoms with Crippen LogP contribution in [-0.2, 0) is 0 Å². The molecule has 0 atom stereocenters. The lowest BCUT2D eigenvalue weighted by atomic mass is 11.1. The first-order valence-electron chi connectivity index (χ1n) is 2.50. The summed E-state index contributed by atoms with van der Waals surface area (Å²) in [7, 11) is 0. The minimum absolute atomic E-state index is 0.366. The Balaban J connectivity index is 2.69. The summed E-state index contributed by atoms with van der Waals surface area (Å²) in [5.74, 6) is 0. The Kier molecular flexibility index (Phi) is 2.20. The molecule has 54 valence electrons. The number of hydrogen-bond acceptors (Lipinski definition) is 7. The molecule has 0 saturated heterocycles. The highest BCUT2D eigenvalue weighted by molar-refractivity contribution is 7.19. The maximum Gasteiger partial charge on any atom is 0.220 e. The van der Waals surface area contributed by atoms with E-state index in [0.717, 1.165) is 11.3 Å². The summed E-state index contributed by atoms with van der Waals surface area (Å²) >= 11 is 1.09. The van der Waals surface area contributed by atoms with Crippen molar-refractivity contribution in [1.29, 1.82) is 10.5 Å². The molecular formula is C4H2N6S. The van der Waals surface area contributed by atoms with Crippen LogP contribution in [0.4, 0.5) is 10.3 Å². The van der Waals surface area contributed by atoms with Gasteiger partial charge in [0.1, 0.15) is 0 Å². The molecule has 0 aliphatic carbocycles. The van der Waals surface area contributed by atoms with Crippen LogP contribution >= 0.6 is 11.3 Å². The highest BCUT2D eigenvalue weighted by Crippen LogP contribution is 2.18. The average Bonchev–Trinajstić information content (AvgIpc) is 2.38. The maximum atomic E-state index is 8.15. The van der Waals surface area contributed by atoms with Crippen molar-refractivity contribution in [2.24, 2.45) is 0 Å². The highest BCUT2D eigenvalue weighted by Gasteiger charge is 2.00. The smallest absolute Gasteiger partial charge is 0.220 e. The Morgan fingerprint density at radius 3 is 1.91 bits per heavy atom. The largest absolute Gasteiger partial charge is 0.267 e. The van der Waals surface area contributed by atoms with Crippen LogP contribution in [0.25, 0.3) is 0 Å². The summed E-state index contributed by atoms with van der Waals surface area (Å²) in [5.41, 5.74) is 0. The fourth-order valence-corrected chi connectivity index (χ4v) is 0.960. The molecule has 6 nitrogen and oxygen atoms in total. The summed E-state index contributed by atoms with van der Waals surface area (Å²) in [6.07, 6.45) is 3.37. The van der Waals surface area contributed by atoms with E-state index in [-0.39, 0.29) is 0 Å². The number of hydrogen-bond donors (Lipinski definition) is 2. The maximum absolute atomic E-state index is 8.15. The molecule has 11 heavy (non-hydrogen) atoms. The molecular weight excluding hydrogens is 164 g/mol. The molecule has 1 aromatic rings. The van der Waals surface area contributed by atoms with Gasteiger partial charge >= 0.3 is 0 Å². The van der Waals surface area contributed by atoms with Crippen LogP contribution in [0.15, 0.2) is 0 Å². The number of rotatable bonds is 2. The first-order valence-corrected chi connectivity index (χ1v) is 3.32. The van der Waals surface area contributed by atoms with Gasteiger partial charge in [-0.1, -0.05) is 11.3 Å². The van der Waals surface area contributed by atoms with Crippen molar-refractivity contribution >= 4 is 21.6 Å². The quantitative estimate of drug-likeness (QED) is 0.485. The number of aromatic nitrogens is 2. The van der Waals surface area contributed by atoms with E-state index in [2.05, 4.69) is 20.8 Å². The van der Waals surface area contributed by atoms with E-state index in [1.54, 1.807) is 12.4 Å². The van der Waals surface area contributed by atoms with Gasteiger partial charge in [-0.2, -0.15) is 10.5 Å². The predicted molar refractivity (Wildman–Crippen MR) is 38.4 cm³/mol. The Morgan fingerprint density at radius 2 is 1.55 bits per heavy atom. The van der Waals surface area contributed by atoms with Crippen LogP contribution in [0.2, 0.25) is 0 Å². The zero-order valence-corrected chi connectivity index (χ0v) is 6.01. The molecule has 0 aliphatic rings. The second kappa shape index (κ2) is 3.34. The summed E-state index contributed by atoms with van der Waals surface area (Å²) in [6.45, 7) is 0. The first-order chi connectivity index (χ1) is 5.36. The van der Waals surface area contributed by atoms with E-state index in [9.17, 15) is 0 Å².